The number of hydrogen-bond acceptors (Lipinski definition) is 2. The quantitative estimate of drug-likeness (QED) is 0.394. The van der Waals surface area contributed by atoms with Crippen LogP contribution in [0, 0.1) is 6.92 Å². The Labute approximate surface area is 151 Å². The van der Waals surface area contributed by atoms with Gasteiger partial charge in [0.05, 0.1) is 11.4 Å². The first-order valence-electron chi connectivity index (χ1n) is 9.35. The standard InChI is InChI=1S/C20H31N5/c1-3-4-5-9-14-22-20(21)23-15-10-11-18-16-25(24-17(18)2)19-12-7-6-8-13-19/h6-8,12-13,16H,3-5,9-11,14-15H2,1-2H3,(H3,21,22,23). The van der Waals surface area contributed by atoms with Crippen LogP contribution in [0.2, 0.25) is 0 Å². The minimum absolute atomic E-state index is 0.563. The lowest BCUT2D eigenvalue weighted by Crippen LogP contribution is -2.32. The molecule has 3 N–H and O–H groups in total. The largest absolute Gasteiger partial charge is 0.370 e. The first kappa shape index (κ1) is 19.0. The summed E-state index contributed by atoms with van der Waals surface area (Å²) in [5.74, 6) is 0.563. The fourth-order valence-corrected chi connectivity index (χ4v) is 2.75. The molecule has 25 heavy (non-hydrogen) atoms. The summed E-state index contributed by atoms with van der Waals surface area (Å²) in [7, 11) is 0. The minimum Gasteiger partial charge on any atom is -0.370 e. The molecule has 2 rings (SSSR count). The van der Waals surface area contributed by atoms with Gasteiger partial charge in [0, 0.05) is 19.3 Å². The Hall–Kier alpha value is -2.30. The highest BCUT2D eigenvalue weighted by Crippen LogP contribution is 2.13. The van der Waals surface area contributed by atoms with Gasteiger partial charge in [0.25, 0.3) is 0 Å². The van der Waals surface area contributed by atoms with Crippen LogP contribution in [-0.2, 0) is 6.42 Å². The molecule has 5 nitrogen and oxygen atoms in total. The monoisotopic (exact) mass is 341 g/mol. The molecular weight excluding hydrogens is 310 g/mol. The summed E-state index contributed by atoms with van der Waals surface area (Å²) in [5.41, 5.74) is 9.34. The predicted molar refractivity (Wildman–Crippen MR) is 105 cm³/mol. The van der Waals surface area contributed by atoms with Gasteiger partial charge in [0.1, 0.15) is 0 Å². The Bertz CT molecular complexity index is 645. The second-order valence-electron chi connectivity index (χ2n) is 6.38. The van der Waals surface area contributed by atoms with Crippen molar-refractivity contribution in [1.29, 1.82) is 0 Å². The third-order valence-corrected chi connectivity index (χ3v) is 4.24. The van der Waals surface area contributed by atoms with Gasteiger partial charge in [-0.3, -0.25) is 4.99 Å². The Kier molecular flexibility index (Phi) is 8.02. The van der Waals surface area contributed by atoms with E-state index in [9.17, 15) is 0 Å². The third kappa shape index (κ3) is 6.61. The number of para-hydroxylation sites is 1. The molecule has 0 saturated heterocycles. The van der Waals surface area contributed by atoms with Crippen molar-refractivity contribution in [3.8, 4) is 5.69 Å². The maximum absolute atomic E-state index is 5.90. The van der Waals surface area contributed by atoms with Crippen LogP contribution < -0.4 is 11.1 Å². The van der Waals surface area contributed by atoms with E-state index in [4.69, 9.17) is 5.73 Å². The first-order valence-corrected chi connectivity index (χ1v) is 9.35. The van der Waals surface area contributed by atoms with Crippen molar-refractivity contribution in [3.63, 3.8) is 0 Å². The molecule has 0 amide bonds. The number of aromatic nitrogens is 2. The molecule has 0 aliphatic heterocycles. The number of rotatable bonds is 10. The number of aliphatic imine (C=N–C) groups is 1. The number of benzene rings is 1. The molecule has 1 aromatic carbocycles. The summed E-state index contributed by atoms with van der Waals surface area (Å²) in [6.45, 7) is 5.93. The highest BCUT2D eigenvalue weighted by atomic mass is 15.3. The van der Waals surface area contributed by atoms with Crippen LogP contribution in [0.5, 0.6) is 0 Å². The van der Waals surface area contributed by atoms with Crippen LogP contribution in [0.4, 0.5) is 0 Å². The van der Waals surface area contributed by atoms with Gasteiger partial charge in [-0.25, -0.2) is 4.68 Å². The van der Waals surface area contributed by atoms with E-state index in [1.807, 2.05) is 22.9 Å². The van der Waals surface area contributed by atoms with E-state index in [0.29, 0.717) is 5.96 Å². The van der Waals surface area contributed by atoms with E-state index < -0.39 is 0 Å². The Morgan fingerprint density at radius 2 is 1.96 bits per heavy atom. The molecular formula is C20H31N5. The fourth-order valence-electron chi connectivity index (χ4n) is 2.75. The van der Waals surface area contributed by atoms with Gasteiger partial charge in [0.15, 0.2) is 5.96 Å². The van der Waals surface area contributed by atoms with Gasteiger partial charge in [0.2, 0.25) is 0 Å². The van der Waals surface area contributed by atoms with E-state index in [1.54, 1.807) is 0 Å². The molecule has 5 heteroatoms. The fraction of sp³-hybridized carbons (Fsp3) is 0.500. The molecule has 2 aromatic rings. The summed E-state index contributed by atoms with van der Waals surface area (Å²) in [6, 6.07) is 10.2. The zero-order valence-corrected chi connectivity index (χ0v) is 15.5. The van der Waals surface area contributed by atoms with E-state index in [2.05, 4.69) is 47.6 Å². The summed E-state index contributed by atoms with van der Waals surface area (Å²) in [5, 5.41) is 7.79. The Morgan fingerprint density at radius 1 is 1.16 bits per heavy atom. The molecule has 0 saturated carbocycles. The second kappa shape index (κ2) is 10.5. The maximum atomic E-state index is 5.90. The van der Waals surface area contributed by atoms with Crippen LogP contribution in [0.1, 0.15) is 50.3 Å². The molecule has 0 aliphatic carbocycles. The molecule has 0 spiro atoms. The summed E-state index contributed by atoms with van der Waals surface area (Å²) in [6.07, 6.45) is 9.00. The van der Waals surface area contributed by atoms with Crippen molar-refractivity contribution in [2.75, 3.05) is 13.1 Å². The molecule has 136 valence electrons. The van der Waals surface area contributed by atoms with Gasteiger partial charge < -0.3 is 11.1 Å². The zero-order valence-electron chi connectivity index (χ0n) is 15.5. The topological polar surface area (TPSA) is 68.2 Å². The highest BCUT2D eigenvalue weighted by molar-refractivity contribution is 5.77. The third-order valence-electron chi connectivity index (χ3n) is 4.24. The number of nitrogens with two attached hydrogens (primary N) is 1. The highest BCUT2D eigenvalue weighted by Gasteiger charge is 2.05. The smallest absolute Gasteiger partial charge is 0.188 e. The predicted octanol–water partition coefficient (Wildman–Crippen LogP) is 3.60. The van der Waals surface area contributed by atoms with Gasteiger partial charge in [-0.15, -0.1) is 0 Å². The number of unbranched alkanes of at least 4 members (excludes halogenated alkanes) is 3. The maximum Gasteiger partial charge on any atom is 0.188 e. The molecule has 1 heterocycles. The lowest BCUT2D eigenvalue weighted by atomic mass is 10.1. The Balaban J connectivity index is 1.73. The average molecular weight is 342 g/mol. The number of nitrogens with zero attached hydrogens (tertiary/aromatic N) is 3. The van der Waals surface area contributed by atoms with Gasteiger partial charge in [-0.1, -0.05) is 44.4 Å². The molecule has 0 aliphatic rings. The SMILES string of the molecule is CCCCCCNC(N)=NCCCc1cn(-c2ccccc2)nc1C. The molecule has 0 fully saturated rings. The average Bonchev–Trinajstić information content (AvgIpc) is 3.00. The molecule has 0 unspecified atom stereocenters. The van der Waals surface area contributed by atoms with Crippen LogP contribution in [0.15, 0.2) is 41.5 Å². The van der Waals surface area contributed by atoms with Crippen molar-refractivity contribution in [1.82, 2.24) is 15.1 Å². The molecule has 1 aromatic heterocycles. The van der Waals surface area contributed by atoms with Crippen molar-refractivity contribution >= 4 is 5.96 Å². The normalized spacial score (nSPS) is 11.7. The van der Waals surface area contributed by atoms with Crippen molar-refractivity contribution in [3.05, 3.63) is 47.8 Å². The van der Waals surface area contributed by atoms with Crippen molar-refractivity contribution in [2.45, 2.75) is 52.4 Å². The summed E-state index contributed by atoms with van der Waals surface area (Å²) < 4.78 is 1.94. The second-order valence-corrected chi connectivity index (χ2v) is 6.38. The Morgan fingerprint density at radius 3 is 2.72 bits per heavy atom. The zero-order chi connectivity index (χ0) is 17.9. The minimum atomic E-state index is 0.563. The molecule has 0 atom stereocenters. The number of nitrogens with one attached hydrogen (secondary N) is 1. The van der Waals surface area contributed by atoms with E-state index in [1.165, 1.54) is 24.8 Å². The van der Waals surface area contributed by atoms with Crippen LogP contribution in [0.25, 0.3) is 5.69 Å². The number of guanidine groups is 1. The lowest BCUT2D eigenvalue weighted by molar-refractivity contribution is 0.652. The number of aryl methyl sites for hydroxylation is 2. The van der Waals surface area contributed by atoms with Crippen LogP contribution in [0.3, 0.4) is 0 Å². The van der Waals surface area contributed by atoms with Gasteiger partial charge in [-0.05, 0) is 43.9 Å². The first-order chi connectivity index (χ1) is 12.2. The van der Waals surface area contributed by atoms with E-state index in [0.717, 1.165) is 43.7 Å². The van der Waals surface area contributed by atoms with Crippen LogP contribution in [-0.4, -0.2) is 28.8 Å². The van der Waals surface area contributed by atoms with Gasteiger partial charge >= 0.3 is 0 Å². The summed E-state index contributed by atoms with van der Waals surface area (Å²) >= 11 is 0. The lowest BCUT2D eigenvalue weighted by Gasteiger charge is -2.05. The summed E-state index contributed by atoms with van der Waals surface area (Å²) in [4.78, 5) is 4.41. The van der Waals surface area contributed by atoms with E-state index in [-0.39, 0.29) is 0 Å². The molecule has 0 bridgehead atoms. The van der Waals surface area contributed by atoms with Gasteiger partial charge in [-0.2, -0.15) is 5.10 Å². The number of hydrogen-bond donors (Lipinski definition) is 2. The van der Waals surface area contributed by atoms with E-state index >= 15 is 0 Å². The molecule has 0 radical (unpaired) electrons. The van der Waals surface area contributed by atoms with Crippen LogP contribution >= 0.6 is 0 Å². The van der Waals surface area contributed by atoms with Crippen molar-refractivity contribution in [2.24, 2.45) is 10.7 Å². The van der Waals surface area contributed by atoms with Crippen molar-refractivity contribution < 1.29 is 0 Å².